The number of nitrogens with one attached hydrogen (secondary N) is 1. The van der Waals surface area contributed by atoms with E-state index in [0.717, 1.165) is 18.8 Å². The van der Waals surface area contributed by atoms with Crippen LogP contribution in [0.1, 0.15) is 11.4 Å². The zero-order chi connectivity index (χ0) is 8.97. The summed E-state index contributed by atoms with van der Waals surface area (Å²) in [4.78, 5) is 0. The summed E-state index contributed by atoms with van der Waals surface area (Å²) in [7, 11) is 1.89. The van der Waals surface area contributed by atoms with Gasteiger partial charge in [-0.2, -0.15) is 10.4 Å². The van der Waals surface area contributed by atoms with Crippen LogP contribution in [-0.4, -0.2) is 23.4 Å². The maximum Gasteiger partial charge on any atom is 0.162 e. The maximum absolute atomic E-state index is 8.56. The molecular weight excluding hydrogens is 152 g/mol. The maximum atomic E-state index is 8.56. The molecule has 1 N–H and O–H groups in total. The van der Waals surface area contributed by atoms with Crippen molar-refractivity contribution in [3.63, 3.8) is 0 Å². The van der Waals surface area contributed by atoms with Crippen molar-refractivity contribution in [2.45, 2.75) is 13.5 Å². The van der Waals surface area contributed by atoms with Gasteiger partial charge in [0.2, 0.25) is 0 Å². The minimum Gasteiger partial charge on any atom is -0.318 e. The lowest BCUT2D eigenvalue weighted by Gasteiger charge is -2.01. The van der Waals surface area contributed by atoms with E-state index in [1.54, 1.807) is 6.07 Å². The predicted octanol–water partition coefficient (Wildman–Crippen LogP) is 0.283. The molecule has 4 nitrogen and oxygen atoms in total. The van der Waals surface area contributed by atoms with E-state index in [4.69, 9.17) is 5.26 Å². The fourth-order valence-corrected chi connectivity index (χ4v) is 1.01. The third-order valence-corrected chi connectivity index (χ3v) is 1.67. The molecule has 4 heteroatoms. The van der Waals surface area contributed by atoms with Crippen LogP contribution in [0, 0.1) is 18.3 Å². The molecule has 0 radical (unpaired) electrons. The number of nitrogens with zero attached hydrogens (tertiary/aromatic N) is 3. The van der Waals surface area contributed by atoms with Crippen molar-refractivity contribution in [1.82, 2.24) is 15.1 Å². The predicted molar refractivity (Wildman–Crippen MR) is 45.6 cm³/mol. The van der Waals surface area contributed by atoms with Crippen molar-refractivity contribution >= 4 is 0 Å². The Balaban J connectivity index is 2.72. The summed E-state index contributed by atoms with van der Waals surface area (Å²) in [6.07, 6.45) is 0. The van der Waals surface area contributed by atoms with Gasteiger partial charge in [-0.1, -0.05) is 0 Å². The summed E-state index contributed by atoms with van der Waals surface area (Å²) >= 11 is 0. The second-order valence-electron chi connectivity index (χ2n) is 2.61. The van der Waals surface area contributed by atoms with Crippen molar-refractivity contribution in [2.24, 2.45) is 0 Å². The average Bonchev–Trinajstić information content (AvgIpc) is 2.43. The highest BCUT2D eigenvalue weighted by Crippen LogP contribution is 2.00. The Bertz CT molecular complexity index is 294. The van der Waals surface area contributed by atoms with Gasteiger partial charge in [-0.3, -0.25) is 4.68 Å². The summed E-state index contributed by atoms with van der Waals surface area (Å²) in [6.45, 7) is 3.63. The van der Waals surface area contributed by atoms with Gasteiger partial charge in [0.1, 0.15) is 6.07 Å². The molecule has 1 rings (SSSR count). The first-order valence-corrected chi connectivity index (χ1v) is 3.87. The van der Waals surface area contributed by atoms with Crippen molar-refractivity contribution < 1.29 is 0 Å². The van der Waals surface area contributed by atoms with Crippen molar-refractivity contribution in [1.29, 1.82) is 5.26 Å². The van der Waals surface area contributed by atoms with Crippen LogP contribution in [0.15, 0.2) is 6.07 Å². The molecular formula is C8H12N4. The van der Waals surface area contributed by atoms with E-state index in [1.165, 1.54) is 0 Å². The summed E-state index contributed by atoms with van der Waals surface area (Å²) in [5.41, 5.74) is 1.52. The third kappa shape index (κ3) is 1.83. The number of nitriles is 1. The Hall–Kier alpha value is -1.34. The zero-order valence-electron chi connectivity index (χ0n) is 7.33. The van der Waals surface area contributed by atoms with Crippen LogP contribution in [-0.2, 0) is 6.54 Å². The summed E-state index contributed by atoms with van der Waals surface area (Å²) in [5.74, 6) is 0. The smallest absolute Gasteiger partial charge is 0.162 e. The quantitative estimate of drug-likeness (QED) is 0.698. The van der Waals surface area contributed by atoms with E-state index < -0.39 is 0 Å². The molecule has 1 heterocycles. The number of hydrogen-bond acceptors (Lipinski definition) is 3. The molecule has 12 heavy (non-hydrogen) atoms. The lowest BCUT2D eigenvalue weighted by atomic mass is 10.4. The van der Waals surface area contributed by atoms with Crippen LogP contribution >= 0.6 is 0 Å². The molecule has 0 aliphatic carbocycles. The van der Waals surface area contributed by atoms with Gasteiger partial charge in [0.05, 0.1) is 6.54 Å². The van der Waals surface area contributed by atoms with Gasteiger partial charge in [-0.25, -0.2) is 0 Å². The van der Waals surface area contributed by atoms with E-state index >= 15 is 0 Å². The van der Waals surface area contributed by atoms with Crippen LogP contribution in [0.3, 0.4) is 0 Å². The molecule has 0 aromatic carbocycles. The standard InChI is InChI=1S/C8H12N4/c1-7-5-8(6-9)11-12(7)4-3-10-2/h5,10H,3-4H2,1-2H3. The van der Waals surface area contributed by atoms with Gasteiger partial charge in [0.15, 0.2) is 5.69 Å². The minimum absolute atomic E-state index is 0.489. The molecule has 0 aliphatic rings. The Morgan fingerprint density at radius 2 is 2.50 bits per heavy atom. The molecule has 0 bridgehead atoms. The second-order valence-corrected chi connectivity index (χ2v) is 2.61. The normalized spacial score (nSPS) is 9.75. The fraction of sp³-hybridized carbons (Fsp3) is 0.500. The van der Waals surface area contributed by atoms with Crippen molar-refractivity contribution in [2.75, 3.05) is 13.6 Å². The van der Waals surface area contributed by atoms with Crippen LogP contribution < -0.4 is 5.32 Å². The van der Waals surface area contributed by atoms with Gasteiger partial charge >= 0.3 is 0 Å². The summed E-state index contributed by atoms with van der Waals surface area (Å²) < 4.78 is 1.83. The Labute approximate surface area is 71.8 Å². The highest BCUT2D eigenvalue weighted by Gasteiger charge is 2.01. The second kappa shape index (κ2) is 3.88. The molecule has 0 aliphatic heterocycles. The van der Waals surface area contributed by atoms with Crippen LogP contribution in [0.5, 0.6) is 0 Å². The van der Waals surface area contributed by atoms with Crippen molar-refractivity contribution in [3.8, 4) is 6.07 Å². The molecule has 0 fully saturated rings. The van der Waals surface area contributed by atoms with Gasteiger partial charge < -0.3 is 5.32 Å². The molecule has 1 aromatic heterocycles. The minimum atomic E-state index is 0.489. The van der Waals surface area contributed by atoms with E-state index in [1.807, 2.05) is 24.7 Å². The Morgan fingerprint density at radius 1 is 1.75 bits per heavy atom. The highest BCUT2D eigenvalue weighted by atomic mass is 15.3. The van der Waals surface area contributed by atoms with Gasteiger partial charge in [-0.15, -0.1) is 0 Å². The van der Waals surface area contributed by atoms with Crippen LogP contribution in [0.2, 0.25) is 0 Å². The number of aryl methyl sites for hydroxylation is 1. The largest absolute Gasteiger partial charge is 0.318 e. The Kier molecular flexibility index (Phi) is 2.83. The Morgan fingerprint density at radius 3 is 3.00 bits per heavy atom. The zero-order valence-corrected chi connectivity index (χ0v) is 7.33. The van der Waals surface area contributed by atoms with Gasteiger partial charge in [-0.05, 0) is 20.0 Å². The highest BCUT2D eigenvalue weighted by molar-refractivity contribution is 5.21. The molecule has 0 atom stereocenters. The monoisotopic (exact) mass is 164 g/mol. The summed E-state index contributed by atoms with van der Waals surface area (Å²) in [6, 6.07) is 3.80. The average molecular weight is 164 g/mol. The molecule has 0 amide bonds. The van der Waals surface area contributed by atoms with E-state index in [0.29, 0.717) is 5.69 Å². The molecule has 0 saturated heterocycles. The van der Waals surface area contributed by atoms with Gasteiger partial charge in [0, 0.05) is 12.2 Å². The number of likely N-dealkylation sites (N-methyl/N-ethyl adjacent to an activating group) is 1. The molecule has 0 unspecified atom stereocenters. The van der Waals surface area contributed by atoms with Crippen LogP contribution in [0.25, 0.3) is 0 Å². The lowest BCUT2D eigenvalue weighted by Crippen LogP contribution is -2.16. The third-order valence-electron chi connectivity index (χ3n) is 1.67. The van der Waals surface area contributed by atoms with Crippen molar-refractivity contribution in [3.05, 3.63) is 17.5 Å². The molecule has 1 aromatic rings. The first kappa shape index (κ1) is 8.75. The lowest BCUT2D eigenvalue weighted by molar-refractivity contribution is 0.570. The number of hydrogen-bond donors (Lipinski definition) is 1. The number of rotatable bonds is 3. The van der Waals surface area contributed by atoms with Crippen LogP contribution in [0.4, 0.5) is 0 Å². The molecule has 0 spiro atoms. The van der Waals surface area contributed by atoms with E-state index in [2.05, 4.69) is 10.4 Å². The molecule has 0 saturated carbocycles. The first-order valence-electron chi connectivity index (χ1n) is 3.87. The van der Waals surface area contributed by atoms with E-state index in [9.17, 15) is 0 Å². The van der Waals surface area contributed by atoms with Gasteiger partial charge in [0.25, 0.3) is 0 Å². The fourth-order valence-electron chi connectivity index (χ4n) is 1.01. The number of aromatic nitrogens is 2. The van der Waals surface area contributed by atoms with E-state index in [-0.39, 0.29) is 0 Å². The first-order chi connectivity index (χ1) is 5.77. The SMILES string of the molecule is CNCCn1nc(C#N)cc1C. The topological polar surface area (TPSA) is 53.6 Å². The molecule has 64 valence electrons. The summed E-state index contributed by atoms with van der Waals surface area (Å²) in [5, 5.41) is 15.7.